The van der Waals surface area contributed by atoms with Crippen LogP contribution in [0.15, 0.2) is 47.8 Å². The first-order valence-electron chi connectivity index (χ1n) is 5.10. The zero-order chi connectivity index (χ0) is 13.0. The highest BCUT2D eigenvalue weighted by Crippen LogP contribution is 2.05. The van der Waals surface area contributed by atoms with E-state index in [2.05, 4.69) is 10.1 Å². The van der Waals surface area contributed by atoms with Crippen LogP contribution < -0.4 is 5.49 Å². The molecule has 0 radical (unpaired) electrons. The van der Waals surface area contributed by atoms with E-state index < -0.39 is 5.03 Å². The number of hydrogen-bond acceptors (Lipinski definition) is 3. The number of rotatable bonds is 3. The van der Waals surface area contributed by atoms with Gasteiger partial charge < -0.3 is 4.57 Å². The molecule has 7 heteroatoms. The highest BCUT2D eigenvalue weighted by atomic mass is 35.5. The number of aromatic nitrogens is 2. The summed E-state index contributed by atoms with van der Waals surface area (Å²) in [6, 6.07) is 8.53. The summed E-state index contributed by atoms with van der Waals surface area (Å²) in [5, 5.41) is 13.4. The first-order chi connectivity index (χ1) is 8.65. The molecule has 2 aromatic heterocycles. The van der Waals surface area contributed by atoms with Gasteiger partial charge in [0.25, 0.3) is 0 Å². The van der Waals surface area contributed by atoms with E-state index in [4.69, 9.17) is 11.6 Å². The Morgan fingerprint density at radius 2 is 2.22 bits per heavy atom. The number of halogens is 1. The fraction of sp³-hybridized carbons (Fsp3) is 0.0909. The number of nitrogens with zero attached hydrogens (tertiary/aromatic N) is 4. The Morgan fingerprint density at radius 3 is 2.89 bits per heavy atom. The molecule has 2 rings (SSSR count). The average Bonchev–Trinajstić information content (AvgIpc) is 2.34. The van der Waals surface area contributed by atoms with Crippen molar-refractivity contribution in [2.24, 2.45) is 5.10 Å². The molecule has 6 nitrogen and oxygen atoms in total. The van der Waals surface area contributed by atoms with Crippen molar-refractivity contribution >= 4 is 11.6 Å². The lowest BCUT2D eigenvalue weighted by Gasteiger charge is -2.05. The van der Waals surface area contributed by atoms with Crippen LogP contribution in [0.1, 0.15) is 5.56 Å². The second kappa shape index (κ2) is 5.42. The van der Waals surface area contributed by atoms with Crippen molar-refractivity contribution in [1.82, 2.24) is 9.55 Å². The predicted molar refractivity (Wildman–Crippen MR) is 65.3 cm³/mol. The second-order valence-corrected chi connectivity index (χ2v) is 3.90. The van der Waals surface area contributed by atoms with E-state index >= 15 is 0 Å². The van der Waals surface area contributed by atoms with Gasteiger partial charge in [-0.05, 0) is 23.8 Å². The third kappa shape index (κ3) is 3.14. The van der Waals surface area contributed by atoms with Gasteiger partial charge >= 0.3 is 0 Å². The summed E-state index contributed by atoms with van der Waals surface area (Å²) in [4.78, 5) is 14.4. The van der Waals surface area contributed by atoms with E-state index in [1.54, 1.807) is 41.2 Å². The van der Waals surface area contributed by atoms with Crippen LogP contribution in [0.25, 0.3) is 0 Å². The fourth-order valence-electron chi connectivity index (χ4n) is 1.47. The van der Waals surface area contributed by atoms with Crippen molar-refractivity contribution in [2.75, 3.05) is 0 Å². The molecule has 0 N–H and O–H groups in total. The quantitative estimate of drug-likeness (QED) is 0.481. The Morgan fingerprint density at radius 1 is 1.39 bits per heavy atom. The molecule has 0 aromatic carbocycles. The van der Waals surface area contributed by atoms with E-state index in [1.165, 1.54) is 0 Å². The first kappa shape index (κ1) is 12.3. The molecule has 92 valence electrons. The second-order valence-electron chi connectivity index (χ2n) is 3.51. The van der Waals surface area contributed by atoms with Gasteiger partial charge in [-0.3, -0.25) is 0 Å². The van der Waals surface area contributed by atoms with Crippen molar-refractivity contribution < 1.29 is 5.03 Å². The van der Waals surface area contributed by atoms with Gasteiger partial charge in [-0.2, -0.15) is 0 Å². The highest BCUT2D eigenvalue weighted by molar-refractivity contribution is 6.29. The molecule has 0 unspecified atom stereocenters. The molecule has 0 bridgehead atoms. The van der Waals surface area contributed by atoms with Gasteiger partial charge in [0.2, 0.25) is 5.49 Å². The van der Waals surface area contributed by atoms with Gasteiger partial charge in [-0.1, -0.05) is 23.7 Å². The SMILES string of the molecule is O=[N+]([O-])/N=c1\ccccn1Cc1ccc(Cl)nc1. The zero-order valence-corrected chi connectivity index (χ0v) is 9.99. The van der Waals surface area contributed by atoms with Crippen molar-refractivity contribution in [3.8, 4) is 0 Å². The van der Waals surface area contributed by atoms with Gasteiger partial charge in [-0.25, -0.2) is 15.1 Å². The fourth-order valence-corrected chi connectivity index (χ4v) is 1.58. The minimum atomic E-state index is -0.716. The summed E-state index contributed by atoms with van der Waals surface area (Å²) in [5.41, 5.74) is 1.16. The molecule has 0 amide bonds. The molecular weight excluding hydrogens is 256 g/mol. The summed E-state index contributed by atoms with van der Waals surface area (Å²) in [5.74, 6) is 0. The van der Waals surface area contributed by atoms with Crippen LogP contribution >= 0.6 is 11.6 Å². The van der Waals surface area contributed by atoms with E-state index in [9.17, 15) is 10.1 Å². The smallest absolute Gasteiger partial charge is 0.207 e. The van der Waals surface area contributed by atoms with Gasteiger partial charge in [0.15, 0.2) is 5.03 Å². The minimum Gasteiger partial charge on any atom is -0.323 e. The summed E-state index contributed by atoms with van der Waals surface area (Å²) in [6.07, 6.45) is 3.34. The van der Waals surface area contributed by atoms with Crippen LogP contribution in [0.5, 0.6) is 0 Å². The lowest BCUT2D eigenvalue weighted by Crippen LogP contribution is -2.21. The third-order valence-corrected chi connectivity index (χ3v) is 2.47. The van der Waals surface area contributed by atoms with Crippen LogP contribution in [0, 0.1) is 10.1 Å². The Labute approximate surface area is 107 Å². The van der Waals surface area contributed by atoms with Crippen LogP contribution in [0.3, 0.4) is 0 Å². The van der Waals surface area contributed by atoms with E-state index in [-0.39, 0.29) is 5.49 Å². The average molecular weight is 265 g/mol. The maximum atomic E-state index is 10.4. The van der Waals surface area contributed by atoms with Crippen molar-refractivity contribution in [3.63, 3.8) is 0 Å². The maximum absolute atomic E-state index is 10.4. The van der Waals surface area contributed by atoms with E-state index in [0.717, 1.165) is 5.56 Å². The van der Waals surface area contributed by atoms with Crippen LogP contribution in [-0.4, -0.2) is 14.6 Å². The van der Waals surface area contributed by atoms with Gasteiger partial charge in [0.05, 0.1) is 11.6 Å². The van der Waals surface area contributed by atoms with Crippen LogP contribution in [-0.2, 0) is 6.54 Å². The first-order valence-corrected chi connectivity index (χ1v) is 5.48. The van der Waals surface area contributed by atoms with E-state index in [0.29, 0.717) is 11.7 Å². The predicted octanol–water partition coefficient (Wildman–Crippen LogP) is 1.68. The highest BCUT2D eigenvalue weighted by Gasteiger charge is 1.99. The standard InChI is InChI=1S/C11H9ClN4O2/c12-10-5-4-9(7-13-10)8-15-6-2-1-3-11(15)14-16(17)18/h1-7H,8H2/b14-11+. The summed E-state index contributed by atoms with van der Waals surface area (Å²) >= 11 is 5.69. The molecule has 0 saturated heterocycles. The normalized spacial score (nSPS) is 11.5. The van der Waals surface area contributed by atoms with Gasteiger partial charge in [-0.15, -0.1) is 0 Å². The minimum absolute atomic E-state index is 0.275. The molecule has 18 heavy (non-hydrogen) atoms. The lowest BCUT2D eigenvalue weighted by atomic mass is 10.3. The molecule has 0 aliphatic rings. The Kier molecular flexibility index (Phi) is 3.69. The van der Waals surface area contributed by atoms with Crippen LogP contribution in [0.2, 0.25) is 5.15 Å². The number of pyridine rings is 2. The molecule has 0 atom stereocenters. The van der Waals surface area contributed by atoms with Crippen molar-refractivity contribution in [1.29, 1.82) is 0 Å². The Bertz CT molecular complexity index is 621. The third-order valence-electron chi connectivity index (χ3n) is 2.24. The molecule has 0 aliphatic carbocycles. The number of nitro groups is 1. The van der Waals surface area contributed by atoms with Crippen LogP contribution in [0.4, 0.5) is 0 Å². The lowest BCUT2D eigenvalue weighted by molar-refractivity contribution is -0.490. The van der Waals surface area contributed by atoms with Crippen molar-refractivity contribution in [2.45, 2.75) is 6.54 Å². The molecular formula is C11H9ClN4O2. The maximum Gasteiger partial charge on any atom is 0.207 e. The summed E-state index contributed by atoms with van der Waals surface area (Å²) in [6.45, 7) is 0.442. The Balaban J connectivity index is 2.35. The Hall–Kier alpha value is -2.21. The molecule has 0 aliphatic heterocycles. The molecule has 2 heterocycles. The largest absolute Gasteiger partial charge is 0.323 e. The summed E-state index contributed by atoms with van der Waals surface area (Å²) < 4.78 is 1.66. The van der Waals surface area contributed by atoms with Gasteiger partial charge in [0, 0.05) is 12.4 Å². The monoisotopic (exact) mass is 264 g/mol. The molecule has 2 aromatic rings. The zero-order valence-electron chi connectivity index (χ0n) is 9.23. The molecule has 0 fully saturated rings. The topological polar surface area (TPSA) is 73.3 Å². The molecule has 0 spiro atoms. The van der Waals surface area contributed by atoms with Crippen molar-refractivity contribution in [3.05, 3.63) is 69.0 Å². The van der Waals surface area contributed by atoms with Gasteiger partial charge in [0.1, 0.15) is 5.15 Å². The van der Waals surface area contributed by atoms with E-state index in [1.807, 2.05) is 6.07 Å². The molecule has 0 saturated carbocycles. The summed E-state index contributed by atoms with van der Waals surface area (Å²) in [7, 11) is 0. The number of hydrogen-bond donors (Lipinski definition) is 0.